The number of carboxylic acids is 1. The summed E-state index contributed by atoms with van der Waals surface area (Å²) in [7, 11) is 0. The molecule has 0 aromatic heterocycles. The number of benzene rings is 1. The SMILES string of the molecule is Cc1ccc(N2CCN(C(=O)OC(C)(C)C)[C@@H](C)C2)cc1C(=O)O. The van der Waals surface area contributed by atoms with Gasteiger partial charge in [-0.3, -0.25) is 0 Å². The van der Waals surface area contributed by atoms with E-state index in [1.165, 1.54) is 0 Å². The predicted molar refractivity (Wildman–Crippen MR) is 92.8 cm³/mol. The number of aryl methyl sites for hydroxylation is 1. The minimum Gasteiger partial charge on any atom is -0.478 e. The maximum Gasteiger partial charge on any atom is 0.410 e. The Hall–Kier alpha value is -2.24. The van der Waals surface area contributed by atoms with Crippen molar-refractivity contribution in [1.29, 1.82) is 0 Å². The van der Waals surface area contributed by atoms with E-state index < -0.39 is 11.6 Å². The van der Waals surface area contributed by atoms with Crippen molar-refractivity contribution < 1.29 is 19.4 Å². The fourth-order valence-corrected chi connectivity index (χ4v) is 2.82. The molecule has 1 aromatic carbocycles. The Morgan fingerprint density at radius 2 is 1.92 bits per heavy atom. The molecule has 1 aliphatic rings. The van der Waals surface area contributed by atoms with Crippen molar-refractivity contribution in [3.8, 4) is 0 Å². The highest BCUT2D eigenvalue weighted by Crippen LogP contribution is 2.23. The molecule has 1 aliphatic heterocycles. The summed E-state index contributed by atoms with van der Waals surface area (Å²) in [5.74, 6) is -0.921. The Morgan fingerprint density at radius 1 is 1.25 bits per heavy atom. The number of ether oxygens (including phenoxy) is 1. The summed E-state index contributed by atoms with van der Waals surface area (Å²) in [4.78, 5) is 27.4. The molecule has 1 fully saturated rings. The number of aromatic carboxylic acids is 1. The fourth-order valence-electron chi connectivity index (χ4n) is 2.82. The molecule has 0 unspecified atom stereocenters. The van der Waals surface area contributed by atoms with Crippen molar-refractivity contribution in [3.05, 3.63) is 29.3 Å². The smallest absolute Gasteiger partial charge is 0.410 e. The lowest BCUT2D eigenvalue weighted by Crippen LogP contribution is -2.55. The van der Waals surface area contributed by atoms with Crippen LogP contribution < -0.4 is 4.90 Å². The van der Waals surface area contributed by atoms with Gasteiger partial charge in [0.25, 0.3) is 0 Å². The largest absolute Gasteiger partial charge is 0.478 e. The van der Waals surface area contributed by atoms with Gasteiger partial charge in [0.2, 0.25) is 0 Å². The van der Waals surface area contributed by atoms with Crippen LogP contribution in [-0.2, 0) is 4.74 Å². The molecule has 24 heavy (non-hydrogen) atoms. The van der Waals surface area contributed by atoms with Crippen molar-refractivity contribution in [3.63, 3.8) is 0 Å². The first-order chi connectivity index (χ1) is 11.1. The molecule has 6 nitrogen and oxygen atoms in total. The number of piperazine rings is 1. The third-order valence-electron chi connectivity index (χ3n) is 4.07. The summed E-state index contributed by atoms with van der Waals surface area (Å²) in [6.45, 7) is 11.2. The number of amides is 1. The van der Waals surface area contributed by atoms with Gasteiger partial charge in [-0.1, -0.05) is 6.07 Å². The number of carboxylic acid groups (broad SMARTS) is 1. The monoisotopic (exact) mass is 334 g/mol. The molecule has 1 heterocycles. The second-order valence-corrected chi connectivity index (χ2v) is 7.27. The molecular formula is C18H26N2O4. The first kappa shape index (κ1) is 18.1. The first-order valence-electron chi connectivity index (χ1n) is 8.17. The number of hydrogen-bond acceptors (Lipinski definition) is 4. The van der Waals surface area contributed by atoms with E-state index in [2.05, 4.69) is 4.90 Å². The maximum absolute atomic E-state index is 12.3. The van der Waals surface area contributed by atoms with E-state index in [1.807, 2.05) is 39.8 Å². The van der Waals surface area contributed by atoms with Crippen LogP contribution in [0.1, 0.15) is 43.6 Å². The molecule has 1 saturated heterocycles. The molecule has 6 heteroatoms. The number of carbonyl (C=O) groups excluding carboxylic acids is 1. The first-order valence-corrected chi connectivity index (χ1v) is 8.17. The highest BCUT2D eigenvalue weighted by molar-refractivity contribution is 5.90. The van der Waals surface area contributed by atoms with E-state index in [4.69, 9.17) is 4.74 Å². The molecular weight excluding hydrogens is 308 g/mol. The van der Waals surface area contributed by atoms with Crippen LogP contribution in [0.25, 0.3) is 0 Å². The molecule has 0 spiro atoms. The molecule has 1 atom stereocenters. The summed E-state index contributed by atoms with van der Waals surface area (Å²) >= 11 is 0. The van der Waals surface area contributed by atoms with Gasteiger partial charge in [0.1, 0.15) is 5.60 Å². The second-order valence-electron chi connectivity index (χ2n) is 7.27. The van der Waals surface area contributed by atoms with E-state index in [0.29, 0.717) is 25.2 Å². The van der Waals surface area contributed by atoms with Crippen molar-refractivity contribution in [2.24, 2.45) is 0 Å². The summed E-state index contributed by atoms with van der Waals surface area (Å²) in [6, 6.07) is 5.44. The number of rotatable bonds is 2. The minimum atomic E-state index is -0.921. The summed E-state index contributed by atoms with van der Waals surface area (Å²) in [6.07, 6.45) is -0.301. The molecule has 132 valence electrons. The third-order valence-corrected chi connectivity index (χ3v) is 4.07. The Morgan fingerprint density at radius 3 is 2.46 bits per heavy atom. The second kappa shape index (κ2) is 6.71. The summed E-state index contributed by atoms with van der Waals surface area (Å²) in [5.41, 5.74) is 1.41. The lowest BCUT2D eigenvalue weighted by molar-refractivity contribution is 0.0159. The van der Waals surface area contributed by atoms with E-state index in [0.717, 1.165) is 11.3 Å². The predicted octanol–water partition coefficient (Wildman–Crippen LogP) is 3.14. The third kappa shape index (κ3) is 4.19. The van der Waals surface area contributed by atoms with E-state index in [9.17, 15) is 14.7 Å². The highest BCUT2D eigenvalue weighted by atomic mass is 16.6. The zero-order valence-corrected chi connectivity index (χ0v) is 15.0. The number of nitrogens with zero attached hydrogens (tertiary/aromatic N) is 2. The maximum atomic E-state index is 12.3. The van der Waals surface area contributed by atoms with Crippen LogP contribution in [0, 0.1) is 6.92 Å². The van der Waals surface area contributed by atoms with Crippen LogP contribution in [0.4, 0.5) is 10.5 Å². The summed E-state index contributed by atoms with van der Waals surface area (Å²) < 4.78 is 5.45. The Bertz CT molecular complexity index is 636. The van der Waals surface area contributed by atoms with Crippen molar-refractivity contribution in [1.82, 2.24) is 4.90 Å². The highest BCUT2D eigenvalue weighted by Gasteiger charge is 2.31. The van der Waals surface area contributed by atoms with Crippen molar-refractivity contribution >= 4 is 17.7 Å². The van der Waals surface area contributed by atoms with Crippen molar-refractivity contribution in [2.45, 2.75) is 46.3 Å². The van der Waals surface area contributed by atoms with E-state index in [1.54, 1.807) is 17.9 Å². The van der Waals surface area contributed by atoms with Crippen LogP contribution in [0.2, 0.25) is 0 Å². The van der Waals surface area contributed by atoms with Crippen LogP contribution in [0.3, 0.4) is 0 Å². The van der Waals surface area contributed by atoms with Gasteiger partial charge in [-0.2, -0.15) is 0 Å². The zero-order chi connectivity index (χ0) is 18.1. The Labute approximate surface area is 143 Å². The van der Waals surface area contributed by atoms with Crippen LogP contribution >= 0.6 is 0 Å². The zero-order valence-electron chi connectivity index (χ0n) is 15.0. The topological polar surface area (TPSA) is 70.1 Å². The van der Waals surface area contributed by atoms with Gasteiger partial charge >= 0.3 is 12.1 Å². The van der Waals surface area contributed by atoms with Gasteiger partial charge in [0, 0.05) is 31.4 Å². The van der Waals surface area contributed by atoms with Crippen molar-refractivity contribution in [2.75, 3.05) is 24.5 Å². The van der Waals surface area contributed by atoms with Gasteiger partial charge in [-0.15, -0.1) is 0 Å². The molecule has 0 aliphatic carbocycles. The van der Waals surface area contributed by atoms with Gasteiger partial charge in [0.15, 0.2) is 0 Å². The van der Waals surface area contributed by atoms with Crippen LogP contribution in [-0.4, -0.2) is 53.3 Å². The minimum absolute atomic E-state index is 0.0109. The van der Waals surface area contributed by atoms with E-state index in [-0.39, 0.29) is 12.1 Å². The fraction of sp³-hybridized carbons (Fsp3) is 0.556. The number of hydrogen-bond donors (Lipinski definition) is 1. The molecule has 1 amide bonds. The van der Waals surface area contributed by atoms with Crippen LogP contribution in [0.5, 0.6) is 0 Å². The number of anilines is 1. The number of carbonyl (C=O) groups is 2. The average molecular weight is 334 g/mol. The van der Waals surface area contributed by atoms with Gasteiger partial charge in [-0.05, 0) is 52.3 Å². The molecule has 1 aromatic rings. The normalized spacial score (nSPS) is 18.5. The molecule has 0 bridgehead atoms. The standard InChI is InChI=1S/C18H26N2O4/c1-12-6-7-14(10-15(12)16(21)22)19-8-9-20(13(2)11-19)17(23)24-18(3,4)5/h6-7,10,13H,8-9,11H2,1-5H3,(H,21,22)/t13-/m0/s1. The lowest BCUT2D eigenvalue weighted by Gasteiger charge is -2.41. The Balaban J connectivity index is 2.09. The quantitative estimate of drug-likeness (QED) is 0.900. The van der Waals surface area contributed by atoms with E-state index >= 15 is 0 Å². The van der Waals surface area contributed by atoms with Gasteiger partial charge in [-0.25, -0.2) is 9.59 Å². The van der Waals surface area contributed by atoms with Gasteiger partial charge < -0.3 is 19.6 Å². The molecule has 2 rings (SSSR count). The summed E-state index contributed by atoms with van der Waals surface area (Å²) in [5, 5.41) is 9.28. The average Bonchev–Trinajstić information content (AvgIpc) is 2.45. The molecule has 0 radical (unpaired) electrons. The lowest BCUT2D eigenvalue weighted by atomic mass is 10.1. The molecule has 1 N–H and O–H groups in total. The van der Waals surface area contributed by atoms with Crippen LogP contribution in [0.15, 0.2) is 18.2 Å². The molecule has 0 saturated carbocycles. The van der Waals surface area contributed by atoms with Gasteiger partial charge in [0.05, 0.1) is 5.56 Å². The Kier molecular flexibility index (Phi) is 5.06.